The van der Waals surface area contributed by atoms with Gasteiger partial charge in [-0.2, -0.15) is 0 Å². The maximum Gasteiger partial charge on any atom is 0.161 e. The quantitative estimate of drug-likeness (QED) is 0.805. The van der Waals surface area contributed by atoms with Gasteiger partial charge in [-0.05, 0) is 68.0 Å². The minimum atomic E-state index is 0.518. The van der Waals surface area contributed by atoms with Crippen LogP contribution in [0.3, 0.4) is 0 Å². The fourth-order valence-corrected chi connectivity index (χ4v) is 4.91. The van der Waals surface area contributed by atoms with Crippen LogP contribution in [0, 0.1) is 5.92 Å². The number of piperidine rings is 1. The second kappa shape index (κ2) is 8.00. The van der Waals surface area contributed by atoms with Crippen LogP contribution in [0.25, 0.3) is 0 Å². The first-order valence-corrected chi connectivity index (χ1v) is 10.7. The molecule has 0 radical (unpaired) electrons. The monoisotopic (exact) mass is 379 g/mol. The van der Waals surface area contributed by atoms with Crippen LogP contribution >= 0.6 is 0 Å². The van der Waals surface area contributed by atoms with E-state index in [0.717, 1.165) is 36.3 Å². The van der Waals surface area contributed by atoms with E-state index in [1.54, 1.807) is 0 Å². The Hall–Kier alpha value is -2.27. The summed E-state index contributed by atoms with van der Waals surface area (Å²) in [5.41, 5.74) is 1.38. The Balaban J connectivity index is 1.21. The van der Waals surface area contributed by atoms with E-state index in [1.807, 2.05) is 12.3 Å². The molecule has 5 rings (SSSR count). The van der Waals surface area contributed by atoms with Crippen molar-refractivity contribution in [3.63, 3.8) is 0 Å². The molecule has 2 aromatic rings. The molecule has 2 fully saturated rings. The molecule has 2 saturated heterocycles. The lowest BCUT2D eigenvalue weighted by atomic mass is 9.95. The summed E-state index contributed by atoms with van der Waals surface area (Å²) in [4.78, 5) is 9.64. The lowest BCUT2D eigenvalue weighted by Gasteiger charge is -2.36. The highest BCUT2D eigenvalue weighted by molar-refractivity contribution is 5.45. The molecular formula is C23H29N3O2. The summed E-state index contributed by atoms with van der Waals surface area (Å²) in [5, 5.41) is 0. The van der Waals surface area contributed by atoms with Crippen molar-refractivity contribution < 1.29 is 9.47 Å². The third kappa shape index (κ3) is 3.68. The Bertz CT molecular complexity index is 790. The number of hydrogen-bond donors (Lipinski definition) is 0. The normalized spacial score (nSPS) is 23.1. The molecule has 5 heteroatoms. The summed E-state index contributed by atoms with van der Waals surface area (Å²) in [5.74, 6) is 3.70. The number of ether oxygens (including phenoxy) is 2. The summed E-state index contributed by atoms with van der Waals surface area (Å²) in [6, 6.07) is 13.2. The van der Waals surface area contributed by atoms with Gasteiger partial charge in [-0.3, -0.25) is 4.90 Å². The van der Waals surface area contributed by atoms with E-state index < -0.39 is 0 Å². The maximum atomic E-state index is 5.81. The molecule has 0 unspecified atom stereocenters. The molecule has 28 heavy (non-hydrogen) atoms. The highest BCUT2D eigenvalue weighted by Crippen LogP contribution is 2.39. The lowest BCUT2D eigenvalue weighted by Crippen LogP contribution is -2.39. The van der Waals surface area contributed by atoms with Crippen LogP contribution in [0.5, 0.6) is 11.5 Å². The molecule has 0 bridgehead atoms. The smallest absolute Gasteiger partial charge is 0.161 e. The molecule has 1 aromatic heterocycles. The number of anilines is 1. The average molecular weight is 380 g/mol. The van der Waals surface area contributed by atoms with Gasteiger partial charge in [0.1, 0.15) is 19.0 Å². The molecule has 5 nitrogen and oxygen atoms in total. The van der Waals surface area contributed by atoms with Crippen molar-refractivity contribution in [1.82, 2.24) is 9.88 Å². The third-order valence-corrected chi connectivity index (χ3v) is 6.40. The first-order valence-electron chi connectivity index (χ1n) is 10.7. The van der Waals surface area contributed by atoms with Crippen molar-refractivity contribution in [2.45, 2.75) is 31.7 Å². The molecule has 4 heterocycles. The van der Waals surface area contributed by atoms with Gasteiger partial charge in [0.15, 0.2) is 11.5 Å². The van der Waals surface area contributed by atoms with Crippen molar-refractivity contribution in [3.05, 3.63) is 48.2 Å². The molecule has 148 valence electrons. The lowest BCUT2D eigenvalue weighted by molar-refractivity contribution is 0.169. The van der Waals surface area contributed by atoms with E-state index in [2.05, 4.69) is 45.1 Å². The van der Waals surface area contributed by atoms with Crippen LogP contribution in [0.1, 0.15) is 37.3 Å². The van der Waals surface area contributed by atoms with E-state index in [1.165, 1.54) is 44.3 Å². The summed E-state index contributed by atoms with van der Waals surface area (Å²) in [6.45, 7) is 5.95. The first kappa shape index (κ1) is 17.8. The largest absolute Gasteiger partial charge is 0.486 e. The molecular weight excluding hydrogens is 350 g/mol. The Morgan fingerprint density at radius 3 is 2.61 bits per heavy atom. The summed E-state index contributed by atoms with van der Waals surface area (Å²) >= 11 is 0. The van der Waals surface area contributed by atoms with Crippen LogP contribution in [0.15, 0.2) is 42.6 Å². The molecule has 0 N–H and O–H groups in total. The van der Waals surface area contributed by atoms with Crippen LogP contribution in [0.4, 0.5) is 5.82 Å². The van der Waals surface area contributed by atoms with Gasteiger partial charge in [0.2, 0.25) is 0 Å². The second-order valence-corrected chi connectivity index (χ2v) is 8.17. The zero-order chi connectivity index (χ0) is 18.8. The SMILES string of the molecule is c1ccc(N2CCC(CN3CCC[C@@H]3c3ccc4c(c3)OCCO4)CC2)nc1. The topological polar surface area (TPSA) is 37.8 Å². The molecule has 3 aliphatic rings. The number of benzene rings is 1. The Morgan fingerprint density at radius 1 is 0.929 bits per heavy atom. The molecule has 0 spiro atoms. The highest BCUT2D eigenvalue weighted by Gasteiger charge is 2.30. The molecule has 0 saturated carbocycles. The van der Waals surface area contributed by atoms with E-state index >= 15 is 0 Å². The number of pyridine rings is 1. The molecule has 3 aliphatic heterocycles. The Morgan fingerprint density at radius 2 is 1.79 bits per heavy atom. The van der Waals surface area contributed by atoms with Crippen LogP contribution in [-0.4, -0.2) is 49.3 Å². The number of likely N-dealkylation sites (tertiary alicyclic amines) is 1. The number of nitrogens with zero attached hydrogens (tertiary/aromatic N) is 3. The average Bonchev–Trinajstić information content (AvgIpc) is 3.23. The van der Waals surface area contributed by atoms with Crippen molar-refractivity contribution in [2.24, 2.45) is 5.92 Å². The first-order chi connectivity index (χ1) is 13.9. The van der Waals surface area contributed by atoms with Crippen molar-refractivity contribution in [1.29, 1.82) is 0 Å². The van der Waals surface area contributed by atoms with Gasteiger partial charge in [-0.25, -0.2) is 4.98 Å². The molecule has 0 aliphatic carbocycles. The van der Waals surface area contributed by atoms with Gasteiger partial charge in [-0.1, -0.05) is 12.1 Å². The predicted molar refractivity (Wildman–Crippen MR) is 110 cm³/mol. The van der Waals surface area contributed by atoms with Gasteiger partial charge < -0.3 is 14.4 Å². The van der Waals surface area contributed by atoms with Crippen LogP contribution in [-0.2, 0) is 0 Å². The molecule has 1 aromatic carbocycles. The Kier molecular flexibility index (Phi) is 5.08. The maximum absolute atomic E-state index is 5.81. The second-order valence-electron chi connectivity index (χ2n) is 8.17. The van der Waals surface area contributed by atoms with E-state index in [0.29, 0.717) is 19.3 Å². The zero-order valence-electron chi connectivity index (χ0n) is 16.4. The minimum Gasteiger partial charge on any atom is -0.486 e. The van der Waals surface area contributed by atoms with Gasteiger partial charge in [0.05, 0.1) is 0 Å². The van der Waals surface area contributed by atoms with Crippen LogP contribution < -0.4 is 14.4 Å². The van der Waals surface area contributed by atoms with Crippen molar-refractivity contribution in [3.8, 4) is 11.5 Å². The number of rotatable bonds is 4. The summed E-state index contributed by atoms with van der Waals surface area (Å²) in [6.07, 6.45) is 6.92. The predicted octanol–water partition coefficient (Wildman–Crippen LogP) is 3.91. The summed E-state index contributed by atoms with van der Waals surface area (Å²) in [7, 11) is 0. The zero-order valence-corrected chi connectivity index (χ0v) is 16.4. The summed E-state index contributed by atoms with van der Waals surface area (Å²) < 4.78 is 11.5. The fraction of sp³-hybridized carbons (Fsp3) is 0.522. The van der Waals surface area contributed by atoms with Crippen molar-refractivity contribution >= 4 is 5.82 Å². The molecule has 1 atom stereocenters. The van der Waals surface area contributed by atoms with Crippen LogP contribution in [0.2, 0.25) is 0 Å². The molecule has 0 amide bonds. The fourth-order valence-electron chi connectivity index (χ4n) is 4.91. The third-order valence-electron chi connectivity index (χ3n) is 6.40. The number of fused-ring (bicyclic) bond motifs is 1. The van der Waals surface area contributed by atoms with Gasteiger partial charge in [-0.15, -0.1) is 0 Å². The van der Waals surface area contributed by atoms with Gasteiger partial charge in [0.25, 0.3) is 0 Å². The van der Waals surface area contributed by atoms with Gasteiger partial charge >= 0.3 is 0 Å². The number of hydrogen-bond acceptors (Lipinski definition) is 5. The van der Waals surface area contributed by atoms with E-state index in [-0.39, 0.29) is 0 Å². The number of aromatic nitrogens is 1. The standard InChI is InChI=1S/C23H29N3O2/c1-2-10-24-23(5-1)25-12-8-18(9-13-25)17-26-11-3-4-20(26)19-6-7-21-22(16-19)28-15-14-27-21/h1-2,5-7,10,16,18,20H,3-4,8-9,11-15,17H2/t20-/m1/s1. The van der Waals surface area contributed by atoms with E-state index in [4.69, 9.17) is 9.47 Å². The highest BCUT2D eigenvalue weighted by atomic mass is 16.6. The van der Waals surface area contributed by atoms with Gasteiger partial charge in [0, 0.05) is 31.9 Å². The minimum absolute atomic E-state index is 0.518. The van der Waals surface area contributed by atoms with Crippen molar-refractivity contribution in [2.75, 3.05) is 44.3 Å². The van der Waals surface area contributed by atoms with E-state index in [9.17, 15) is 0 Å². The Labute approximate surface area is 167 Å².